The molecule has 0 aliphatic rings. The van der Waals surface area contributed by atoms with Crippen LogP contribution in [0.2, 0.25) is 0 Å². The lowest BCUT2D eigenvalue weighted by molar-refractivity contribution is -0.114. The van der Waals surface area contributed by atoms with Gasteiger partial charge in [0.25, 0.3) is 0 Å². The molecule has 18 heavy (non-hydrogen) atoms. The van der Waals surface area contributed by atoms with Crippen molar-refractivity contribution in [1.29, 1.82) is 0 Å². The molecule has 0 saturated carbocycles. The number of ether oxygens (including phenoxy) is 1. The summed E-state index contributed by atoms with van der Waals surface area (Å²) in [7, 11) is 0. The Morgan fingerprint density at radius 3 is 2.17 bits per heavy atom. The molecule has 96 valence electrons. The SMILES string of the molecule is CCOC(=O)c1ccc(/C(C)=C\C(=O)CC)cc1. The van der Waals surface area contributed by atoms with Crippen molar-refractivity contribution in [3.63, 3.8) is 0 Å². The molecule has 0 heterocycles. The highest BCUT2D eigenvalue weighted by Crippen LogP contribution is 2.15. The van der Waals surface area contributed by atoms with Crippen LogP contribution in [0.3, 0.4) is 0 Å². The maximum Gasteiger partial charge on any atom is 0.338 e. The summed E-state index contributed by atoms with van der Waals surface area (Å²) in [6.45, 7) is 5.85. The lowest BCUT2D eigenvalue weighted by atomic mass is 10.0. The topological polar surface area (TPSA) is 43.4 Å². The molecule has 0 bridgehead atoms. The fourth-order valence-corrected chi connectivity index (χ4v) is 1.51. The van der Waals surface area contributed by atoms with Crippen LogP contribution in [0.15, 0.2) is 30.3 Å². The zero-order chi connectivity index (χ0) is 13.5. The molecule has 0 aliphatic heterocycles. The molecule has 1 aromatic rings. The van der Waals surface area contributed by atoms with E-state index in [9.17, 15) is 9.59 Å². The van der Waals surface area contributed by atoms with Gasteiger partial charge >= 0.3 is 5.97 Å². The van der Waals surface area contributed by atoms with Crippen molar-refractivity contribution in [2.24, 2.45) is 0 Å². The summed E-state index contributed by atoms with van der Waals surface area (Å²) in [5, 5.41) is 0. The summed E-state index contributed by atoms with van der Waals surface area (Å²) in [5.74, 6) is -0.225. The highest BCUT2D eigenvalue weighted by atomic mass is 16.5. The quantitative estimate of drug-likeness (QED) is 0.591. The van der Waals surface area contributed by atoms with Crippen molar-refractivity contribution in [3.05, 3.63) is 41.5 Å². The van der Waals surface area contributed by atoms with E-state index in [4.69, 9.17) is 4.74 Å². The second kappa shape index (κ2) is 6.74. The zero-order valence-electron chi connectivity index (χ0n) is 11.0. The molecular formula is C15H18O3. The Morgan fingerprint density at radius 2 is 1.67 bits per heavy atom. The van der Waals surface area contributed by atoms with Gasteiger partial charge in [0.15, 0.2) is 5.78 Å². The van der Waals surface area contributed by atoms with Gasteiger partial charge in [-0.1, -0.05) is 19.1 Å². The Labute approximate surface area is 107 Å². The standard InChI is InChI=1S/C15H18O3/c1-4-14(16)10-11(3)12-6-8-13(9-7-12)15(17)18-5-2/h6-10H,4-5H2,1-3H3/b11-10-. The lowest BCUT2D eigenvalue weighted by Crippen LogP contribution is -2.04. The van der Waals surface area contributed by atoms with Crippen LogP contribution in [0, 0.1) is 0 Å². The van der Waals surface area contributed by atoms with Gasteiger partial charge in [-0.15, -0.1) is 0 Å². The van der Waals surface area contributed by atoms with Crippen molar-refractivity contribution in [2.45, 2.75) is 27.2 Å². The van der Waals surface area contributed by atoms with Crippen LogP contribution < -0.4 is 0 Å². The number of rotatable bonds is 5. The van der Waals surface area contributed by atoms with Gasteiger partial charge in [-0.2, -0.15) is 0 Å². The van der Waals surface area contributed by atoms with Crippen molar-refractivity contribution in [3.8, 4) is 0 Å². The van der Waals surface area contributed by atoms with Gasteiger partial charge in [-0.3, -0.25) is 4.79 Å². The van der Waals surface area contributed by atoms with Crippen LogP contribution in [-0.2, 0) is 9.53 Å². The van der Waals surface area contributed by atoms with E-state index in [1.807, 2.05) is 26.0 Å². The molecule has 0 spiro atoms. The number of allylic oxidation sites excluding steroid dienone is 2. The molecule has 0 amide bonds. The minimum absolute atomic E-state index is 0.0990. The van der Waals surface area contributed by atoms with Crippen molar-refractivity contribution in [1.82, 2.24) is 0 Å². The number of benzene rings is 1. The van der Waals surface area contributed by atoms with E-state index in [0.717, 1.165) is 11.1 Å². The van der Waals surface area contributed by atoms with Gasteiger partial charge in [0.05, 0.1) is 12.2 Å². The van der Waals surface area contributed by atoms with Crippen molar-refractivity contribution in [2.75, 3.05) is 6.61 Å². The predicted octanol–water partition coefficient (Wildman–Crippen LogP) is 3.25. The minimum atomic E-state index is -0.324. The molecule has 3 nitrogen and oxygen atoms in total. The van der Waals surface area contributed by atoms with Gasteiger partial charge < -0.3 is 4.74 Å². The monoisotopic (exact) mass is 246 g/mol. The number of carbonyl (C=O) groups excluding carboxylic acids is 2. The van der Waals surface area contributed by atoms with Gasteiger partial charge in [0.2, 0.25) is 0 Å². The fourth-order valence-electron chi connectivity index (χ4n) is 1.51. The summed E-state index contributed by atoms with van der Waals surface area (Å²) in [6, 6.07) is 7.06. The normalized spacial score (nSPS) is 11.2. The fraction of sp³-hybridized carbons (Fsp3) is 0.333. The van der Waals surface area contributed by atoms with Gasteiger partial charge in [-0.05, 0) is 43.2 Å². The van der Waals surface area contributed by atoms with Crippen molar-refractivity contribution < 1.29 is 14.3 Å². The first-order valence-corrected chi connectivity index (χ1v) is 6.07. The van der Waals surface area contributed by atoms with Crippen LogP contribution in [0.25, 0.3) is 5.57 Å². The Bertz CT molecular complexity index is 455. The smallest absolute Gasteiger partial charge is 0.338 e. The second-order valence-electron chi connectivity index (χ2n) is 3.95. The van der Waals surface area contributed by atoms with E-state index in [-0.39, 0.29) is 11.8 Å². The number of hydrogen-bond donors (Lipinski definition) is 0. The van der Waals surface area contributed by atoms with Gasteiger partial charge in [0.1, 0.15) is 0 Å². The summed E-state index contributed by atoms with van der Waals surface area (Å²) in [4.78, 5) is 22.8. The van der Waals surface area contributed by atoms with E-state index in [0.29, 0.717) is 18.6 Å². The number of hydrogen-bond acceptors (Lipinski definition) is 3. The minimum Gasteiger partial charge on any atom is -0.462 e. The number of esters is 1. The van der Waals surface area contributed by atoms with Crippen LogP contribution in [0.1, 0.15) is 43.1 Å². The third kappa shape index (κ3) is 3.84. The van der Waals surface area contributed by atoms with Crippen LogP contribution in [-0.4, -0.2) is 18.4 Å². The molecule has 0 radical (unpaired) electrons. The third-order valence-corrected chi connectivity index (χ3v) is 2.58. The van der Waals surface area contributed by atoms with E-state index < -0.39 is 0 Å². The average Bonchev–Trinajstić information content (AvgIpc) is 2.39. The summed E-state index contributed by atoms with van der Waals surface area (Å²) < 4.78 is 4.90. The average molecular weight is 246 g/mol. The van der Waals surface area contributed by atoms with E-state index in [1.54, 1.807) is 25.1 Å². The van der Waals surface area contributed by atoms with Crippen LogP contribution in [0.5, 0.6) is 0 Å². The molecule has 1 rings (SSSR count). The molecule has 0 fully saturated rings. The summed E-state index contributed by atoms with van der Waals surface area (Å²) in [5.41, 5.74) is 2.36. The number of ketones is 1. The third-order valence-electron chi connectivity index (χ3n) is 2.58. The Hall–Kier alpha value is -1.90. The largest absolute Gasteiger partial charge is 0.462 e. The Kier molecular flexibility index (Phi) is 5.31. The van der Waals surface area contributed by atoms with Crippen molar-refractivity contribution >= 4 is 17.3 Å². The summed E-state index contributed by atoms with van der Waals surface area (Å²) >= 11 is 0. The van der Waals surface area contributed by atoms with E-state index in [2.05, 4.69) is 0 Å². The molecular weight excluding hydrogens is 228 g/mol. The number of carbonyl (C=O) groups is 2. The first-order valence-electron chi connectivity index (χ1n) is 6.07. The Morgan fingerprint density at radius 1 is 1.11 bits per heavy atom. The first-order chi connectivity index (χ1) is 8.58. The van der Waals surface area contributed by atoms with Gasteiger partial charge in [-0.25, -0.2) is 4.79 Å². The maximum atomic E-state index is 11.5. The predicted molar refractivity (Wildman–Crippen MR) is 71.3 cm³/mol. The zero-order valence-corrected chi connectivity index (χ0v) is 11.0. The van der Waals surface area contributed by atoms with Crippen LogP contribution >= 0.6 is 0 Å². The second-order valence-corrected chi connectivity index (χ2v) is 3.95. The maximum absolute atomic E-state index is 11.5. The molecule has 0 atom stereocenters. The first kappa shape index (κ1) is 14.2. The molecule has 0 aliphatic carbocycles. The van der Waals surface area contributed by atoms with Gasteiger partial charge in [0, 0.05) is 6.42 Å². The van der Waals surface area contributed by atoms with E-state index in [1.165, 1.54) is 0 Å². The van der Waals surface area contributed by atoms with Crippen LogP contribution in [0.4, 0.5) is 0 Å². The molecule has 0 aromatic heterocycles. The Balaban J connectivity index is 2.86. The van der Waals surface area contributed by atoms with E-state index >= 15 is 0 Å². The lowest BCUT2D eigenvalue weighted by Gasteiger charge is -2.04. The highest BCUT2D eigenvalue weighted by molar-refractivity contribution is 5.96. The molecule has 0 saturated heterocycles. The molecule has 0 unspecified atom stereocenters. The summed E-state index contributed by atoms with van der Waals surface area (Å²) in [6.07, 6.45) is 2.12. The highest BCUT2D eigenvalue weighted by Gasteiger charge is 2.06. The molecule has 3 heteroatoms. The molecule has 1 aromatic carbocycles. The molecule has 0 N–H and O–H groups in total.